The van der Waals surface area contributed by atoms with Crippen molar-refractivity contribution >= 4 is 14.0 Å². The van der Waals surface area contributed by atoms with E-state index < -0.39 is 14.2 Å². The third-order valence-electron chi connectivity index (χ3n) is 4.66. The second-order valence-electron chi connectivity index (χ2n) is 5.64. The van der Waals surface area contributed by atoms with Gasteiger partial charge in [0.2, 0.25) is 0 Å². The summed E-state index contributed by atoms with van der Waals surface area (Å²) < 4.78 is 10.9. The number of hydrogen-bond acceptors (Lipinski definition) is 4. The molecule has 0 saturated carbocycles. The zero-order chi connectivity index (χ0) is 16.0. The summed E-state index contributed by atoms with van der Waals surface area (Å²) in [6.45, 7) is 12.4. The van der Waals surface area contributed by atoms with Crippen molar-refractivity contribution in [2.75, 3.05) is 6.61 Å². The number of rotatable bonds is 7. The fourth-order valence-corrected chi connectivity index (χ4v) is 6.67. The van der Waals surface area contributed by atoms with Crippen LogP contribution in [0.2, 0.25) is 18.1 Å². The molecule has 0 aromatic heterocycles. The first kappa shape index (κ1) is 18.1. The van der Waals surface area contributed by atoms with Crippen molar-refractivity contribution in [3.8, 4) is 0 Å². The van der Waals surface area contributed by atoms with Gasteiger partial charge in [0.15, 0.2) is 0 Å². The summed E-state index contributed by atoms with van der Waals surface area (Å²) in [6, 6.07) is 3.30. The van der Waals surface area contributed by atoms with Gasteiger partial charge in [-0.2, -0.15) is 0 Å². The van der Waals surface area contributed by atoms with Gasteiger partial charge in [-0.15, -0.1) is 6.58 Å². The van der Waals surface area contributed by atoms with Crippen LogP contribution < -0.4 is 0 Å². The molecule has 0 aliphatic carbocycles. The first-order chi connectivity index (χ1) is 9.90. The summed E-state index contributed by atoms with van der Waals surface area (Å²) >= 11 is 0. The van der Waals surface area contributed by atoms with Gasteiger partial charge in [0, 0.05) is 6.92 Å². The van der Waals surface area contributed by atoms with Crippen molar-refractivity contribution in [1.82, 2.24) is 0 Å². The topological polar surface area (TPSA) is 55.8 Å². The average Bonchev–Trinajstić information content (AvgIpc) is 2.48. The molecule has 1 N–H and O–H groups in total. The Bertz CT molecular complexity index is 393. The normalized spacial score (nSPS) is 25.7. The Morgan fingerprint density at radius 2 is 1.86 bits per heavy atom. The van der Waals surface area contributed by atoms with Crippen LogP contribution in [0.1, 0.15) is 27.7 Å². The predicted molar refractivity (Wildman–Crippen MR) is 86.8 cm³/mol. The van der Waals surface area contributed by atoms with E-state index in [-0.39, 0.29) is 24.8 Å². The zero-order valence-corrected chi connectivity index (χ0v) is 14.6. The van der Waals surface area contributed by atoms with Crippen LogP contribution in [0.5, 0.6) is 0 Å². The highest BCUT2D eigenvalue weighted by Gasteiger charge is 2.39. The zero-order valence-electron chi connectivity index (χ0n) is 13.6. The lowest BCUT2D eigenvalue weighted by Crippen LogP contribution is -2.47. The molecule has 0 unspecified atom stereocenters. The summed E-state index contributed by atoms with van der Waals surface area (Å²) in [6.07, 6.45) is 2.12. The minimum absolute atomic E-state index is 0.182. The molecule has 5 heteroatoms. The van der Waals surface area contributed by atoms with Crippen molar-refractivity contribution in [2.24, 2.45) is 0 Å². The summed E-state index contributed by atoms with van der Waals surface area (Å²) in [5.74, 6) is -0.326. The lowest BCUT2D eigenvalue weighted by molar-refractivity contribution is -0.146. The molecule has 0 saturated heterocycles. The van der Waals surface area contributed by atoms with Crippen molar-refractivity contribution in [3.05, 3.63) is 23.9 Å². The molecule has 4 nitrogen and oxygen atoms in total. The van der Waals surface area contributed by atoms with Crippen LogP contribution in [0, 0.1) is 0 Å². The molecule has 1 rings (SSSR count). The maximum Gasteiger partial charge on any atom is 0.302 e. The van der Waals surface area contributed by atoms with Crippen LogP contribution in [0.15, 0.2) is 23.9 Å². The Kier molecular flexibility index (Phi) is 6.84. The van der Waals surface area contributed by atoms with E-state index in [4.69, 9.17) is 9.47 Å². The van der Waals surface area contributed by atoms with Gasteiger partial charge in [0.05, 0.1) is 8.07 Å². The Hall–Kier alpha value is -0.913. The highest BCUT2D eigenvalue weighted by molar-refractivity contribution is 6.86. The maximum atomic E-state index is 10.9. The fourth-order valence-electron chi connectivity index (χ4n) is 2.97. The molecule has 0 fully saturated rings. The number of hydrogen-bond donors (Lipinski definition) is 1. The highest BCUT2D eigenvalue weighted by Crippen LogP contribution is 2.33. The predicted octanol–water partition coefficient (Wildman–Crippen LogP) is 2.84. The number of ether oxygens (including phenoxy) is 2. The summed E-state index contributed by atoms with van der Waals surface area (Å²) in [5.41, 5.74) is 0. The van der Waals surface area contributed by atoms with Crippen LogP contribution in [-0.4, -0.2) is 44.1 Å². The van der Waals surface area contributed by atoms with Crippen molar-refractivity contribution in [3.63, 3.8) is 0 Å². The summed E-state index contributed by atoms with van der Waals surface area (Å²) in [4.78, 5) is 10.9. The van der Waals surface area contributed by atoms with Gasteiger partial charge in [0.25, 0.3) is 0 Å². The van der Waals surface area contributed by atoms with Crippen LogP contribution >= 0.6 is 0 Å². The van der Waals surface area contributed by atoms with Crippen molar-refractivity contribution in [2.45, 2.75) is 64.1 Å². The molecule has 1 heterocycles. The van der Waals surface area contributed by atoms with Crippen molar-refractivity contribution < 1.29 is 19.4 Å². The average molecular weight is 312 g/mol. The van der Waals surface area contributed by atoms with Crippen LogP contribution in [0.3, 0.4) is 0 Å². The van der Waals surface area contributed by atoms with Gasteiger partial charge in [-0.05, 0) is 0 Å². The van der Waals surface area contributed by atoms with Crippen LogP contribution in [-0.2, 0) is 14.3 Å². The molecular weight excluding hydrogens is 284 g/mol. The molecule has 0 amide bonds. The van der Waals surface area contributed by atoms with E-state index in [0.717, 1.165) is 23.3 Å². The van der Waals surface area contributed by atoms with E-state index in [2.05, 4.69) is 27.4 Å². The van der Waals surface area contributed by atoms with E-state index in [9.17, 15) is 9.90 Å². The number of carbonyl (C=O) groups is 1. The third kappa shape index (κ3) is 4.28. The Labute approximate surface area is 128 Å². The van der Waals surface area contributed by atoms with Gasteiger partial charge in [0.1, 0.15) is 24.9 Å². The van der Waals surface area contributed by atoms with Crippen LogP contribution in [0.25, 0.3) is 0 Å². The van der Waals surface area contributed by atoms with Crippen LogP contribution in [0.4, 0.5) is 0 Å². The highest BCUT2D eigenvalue weighted by atomic mass is 28.3. The molecule has 21 heavy (non-hydrogen) atoms. The number of carbonyl (C=O) groups excluding carboxylic acids is 1. The van der Waals surface area contributed by atoms with E-state index in [1.165, 1.54) is 6.92 Å². The second kappa shape index (κ2) is 7.92. The van der Waals surface area contributed by atoms with Gasteiger partial charge < -0.3 is 14.6 Å². The number of aliphatic hydroxyl groups excluding tert-OH is 1. The molecule has 120 valence electrons. The molecule has 1 aliphatic rings. The first-order valence-corrected chi connectivity index (χ1v) is 10.4. The largest absolute Gasteiger partial charge is 0.463 e. The molecule has 0 aromatic carbocycles. The quantitative estimate of drug-likeness (QED) is 0.446. The molecule has 3 atom stereocenters. The Morgan fingerprint density at radius 1 is 1.29 bits per heavy atom. The minimum Gasteiger partial charge on any atom is -0.463 e. The molecular formula is C16H28O4Si. The third-order valence-corrected chi connectivity index (χ3v) is 10.4. The fraction of sp³-hybridized carbons (Fsp3) is 0.688. The smallest absolute Gasteiger partial charge is 0.302 e. The number of esters is 1. The molecule has 0 spiro atoms. The lowest BCUT2D eigenvalue weighted by atomic mass is 10.1. The molecule has 0 bridgehead atoms. The van der Waals surface area contributed by atoms with Crippen molar-refractivity contribution in [1.29, 1.82) is 0 Å². The van der Waals surface area contributed by atoms with E-state index in [1.807, 2.05) is 0 Å². The first-order valence-electron chi connectivity index (χ1n) is 7.74. The molecule has 1 aliphatic heterocycles. The van der Waals surface area contributed by atoms with E-state index in [0.29, 0.717) is 0 Å². The standard InChI is InChI=1S/C16H28O4Si/c1-6-21(7-2,8-3)12(4)16-15(18)10-9-14(20-16)11-19-13(5)17/h9-10,14-16,18H,4,6-8,11H2,1-3,5H3/t14-,15+,16+/m0/s1. The van der Waals surface area contributed by atoms with Gasteiger partial charge >= 0.3 is 5.97 Å². The molecule has 0 radical (unpaired) electrons. The molecule has 0 aromatic rings. The van der Waals surface area contributed by atoms with Gasteiger partial charge in [-0.1, -0.05) is 56.3 Å². The van der Waals surface area contributed by atoms with Gasteiger partial charge in [-0.3, -0.25) is 4.79 Å². The van der Waals surface area contributed by atoms with Gasteiger partial charge in [-0.25, -0.2) is 0 Å². The minimum atomic E-state index is -1.65. The second-order valence-corrected chi connectivity index (χ2v) is 11.0. The maximum absolute atomic E-state index is 10.9. The Morgan fingerprint density at radius 3 is 2.33 bits per heavy atom. The lowest BCUT2D eigenvalue weighted by Gasteiger charge is -2.39. The number of aliphatic hydroxyl groups is 1. The Balaban J connectivity index is 2.83. The van der Waals surface area contributed by atoms with E-state index in [1.54, 1.807) is 12.2 Å². The summed E-state index contributed by atoms with van der Waals surface area (Å²) in [5, 5.41) is 11.3. The van der Waals surface area contributed by atoms with E-state index >= 15 is 0 Å². The summed E-state index contributed by atoms with van der Waals surface area (Å²) in [7, 11) is -1.65. The SMILES string of the molecule is C=C([C@H]1O[C@H](COC(C)=O)C=C[C@H]1O)[Si](CC)(CC)CC. The monoisotopic (exact) mass is 312 g/mol.